The summed E-state index contributed by atoms with van der Waals surface area (Å²) in [7, 11) is 0. The first-order chi connectivity index (χ1) is 14.9. The van der Waals surface area contributed by atoms with Crippen molar-refractivity contribution in [3.63, 3.8) is 0 Å². The molecule has 0 bridgehead atoms. The molecule has 4 rings (SSSR count). The number of nitriles is 1. The van der Waals surface area contributed by atoms with Crippen LogP contribution in [0.2, 0.25) is 0 Å². The van der Waals surface area contributed by atoms with Gasteiger partial charge in [-0.25, -0.2) is 9.97 Å². The number of rotatable bonds is 4. The number of hydrogen-bond acceptors (Lipinski definition) is 7. The zero-order valence-corrected chi connectivity index (χ0v) is 19.4. The Balaban J connectivity index is 1.54. The maximum Gasteiger partial charge on any atom is 0.226 e. The molecule has 0 amide bonds. The largest absolute Gasteiger partial charge is 0.382 e. The average Bonchev–Trinajstić information content (AvgIpc) is 3.10. The van der Waals surface area contributed by atoms with Crippen LogP contribution in [0.3, 0.4) is 0 Å². The highest BCUT2D eigenvalue weighted by Crippen LogP contribution is 2.40. The molecule has 1 aliphatic heterocycles. The fourth-order valence-electron chi connectivity index (χ4n) is 4.57. The molecule has 2 unspecified atom stereocenters. The van der Waals surface area contributed by atoms with E-state index in [4.69, 9.17) is 15.7 Å². The maximum absolute atomic E-state index is 9.52. The standard InChI is InChI=1S/C23H31N7S/c1-15(17-5-4-6-19-20(17)16(13-24)14-31-19)28-21(25)18-7-9-26-22(29-18)30-11-8-23(2,3)27-10-12-30/h7,9,14-15,17,27H,4-6,8,10-12H2,1-3H3,(H2,25,28). The summed E-state index contributed by atoms with van der Waals surface area (Å²) in [5.41, 5.74) is 9.17. The third-order valence-electron chi connectivity index (χ3n) is 6.42. The quantitative estimate of drug-likeness (QED) is 0.562. The van der Waals surface area contributed by atoms with Gasteiger partial charge in [-0.15, -0.1) is 11.3 Å². The second kappa shape index (κ2) is 8.93. The molecule has 164 valence electrons. The maximum atomic E-state index is 9.52. The number of amidine groups is 1. The van der Waals surface area contributed by atoms with E-state index in [1.807, 2.05) is 11.4 Å². The number of hydrogen-bond donors (Lipinski definition) is 2. The molecule has 0 radical (unpaired) electrons. The van der Waals surface area contributed by atoms with Crippen molar-refractivity contribution in [2.75, 3.05) is 24.5 Å². The van der Waals surface area contributed by atoms with Gasteiger partial charge in [0, 0.05) is 47.5 Å². The first kappa shape index (κ1) is 21.7. The molecule has 8 heteroatoms. The number of nitrogens with zero attached hydrogens (tertiary/aromatic N) is 5. The van der Waals surface area contributed by atoms with Gasteiger partial charge in [-0.05, 0) is 58.1 Å². The molecule has 0 spiro atoms. The van der Waals surface area contributed by atoms with Crippen LogP contribution in [-0.4, -0.2) is 47.0 Å². The van der Waals surface area contributed by atoms with E-state index < -0.39 is 0 Å². The van der Waals surface area contributed by atoms with Gasteiger partial charge >= 0.3 is 0 Å². The van der Waals surface area contributed by atoms with Crippen LogP contribution in [0, 0.1) is 11.3 Å². The summed E-state index contributed by atoms with van der Waals surface area (Å²) in [5, 5.41) is 15.1. The van der Waals surface area contributed by atoms with Crippen LogP contribution in [0.25, 0.3) is 0 Å². The van der Waals surface area contributed by atoms with E-state index in [0.717, 1.165) is 50.9 Å². The summed E-state index contributed by atoms with van der Waals surface area (Å²) in [5.74, 6) is 1.36. The van der Waals surface area contributed by atoms with E-state index in [0.29, 0.717) is 17.5 Å². The lowest BCUT2D eigenvalue weighted by Crippen LogP contribution is -2.39. The Kier molecular flexibility index (Phi) is 6.26. The van der Waals surface area contributed by atoms with E-state index in [1.54, 1.807) is 17.5 Å². The van der Waals surface area contributed by atoms with Gasteiger partial charge in [0.2, 0.25) is 5.95 Å². The van der Waals surface area contributed by atoms with Crippen molar-refractivity contribution in [3.8, 4) is 6.07 Å². The second-order valence-electron chi connectivity index (χ2n) is 9.14. The third-order valence-corrected chi connectivity index (χ3v) is 7.49. The lowest BCUT2D eigenvalue weighted by atomic mass is 9.81. The summed E-state index contributed by atoms with van der Waals surface area (Å²) in [4.78, 5) is 17.6. The number of fused-ring (bicyclic) bond motifs is 1. The monoisotopic (exact) mass is 437 g/mol. The predicted molar refractivity (Wildman–Crippen MR) is 126 cm³/mol. The minimum absolute atomic E-state index is 0.0117. The molecule has 31 heavy (non-hydrogen) atoms. The molecular weight excluding hydrogens is 406 g/mol. The zero-order chi connectivity index (χ0) is 22.0. The summed E-state index contributed by atoms with van der Waals surface area (Å²) in [6, 6.07) is 4.17. The molecule has 3 heterocycles. The van der Waals surface area contributed by atoms with Gasteiger partial charge in [0.15, 0.2) is 0 Å². The predicted octanol–water partition coefficient (Wildman–Crippen LogP) is 3.20. The minimum atomic E-state index is -0.0117. The van der Waals surface area contributed by atoms with Crippen molar-refractivity contribution in [2.45, 2.75) is 64.0 Å². The lowest BCUT2D eigenvalue weighted by molar-refractivity contribution is 0.394. The fraction of sp³-hybridized carbons (Fsp3) is 0.565. The van der Waals surface area contributed by atoms with Crippen LogP contribution in [0.5, 0.6) is 0 Å². The molecule has 7 nitrogen and oxygen atoms in total. The Morgan fingerprint density at radius 2 is 2.29 bits per heavy atom. The lowest BCUT2D eigenvalue weighted by Gasteiger charge is -2.27. The van der Waals surface area contributed by atoms with Gasteiger partial charge in [0.05, 0.1) is 11.6 Å². The van der Waals surface area contributed by atoms with E-state index in [9.17, 15) is 5.26 Å². The van der Waals surface area contributed by atoms with Crippen molar-refractivity contribution in [2.24, 2.45) is 10.7 Å². The van der Waals surface area contributed by atoms with Crippen molar-refractivity contribution >= 4 is 23.1 Å². The Labute approximate surface area is 188 Å². The molecule has 1 aliphatic carbocycles. The van der Waals surface area contributed by atoms with Crippen molar-refractivity contribution < 1.29 is 0 Å². The summed E-state index contributed by atoms with van der Waals surface area (Å²) in [6.07, 6.45) is 6.00. The van der Waals surface area contributed by atoms with Crippen molar-refractivity contribution in [1.29, 1.82) is 5.26 Å². The van der Waals surface area contributed by atoms with Crippen LogP contribution in [-0.2, 0) is 6.42 Å². The van der Waals surface area contributed by atoms with E-state index >= 15 is 0 Å². The molecule has 2 aliphatic rings. The number of thiophene rings is 1. The Hall–Kier alpha value is -2.50. The molecular formula is C23H31N7S. The Bertz CT molecular complexity index is 1000. The van der Waals surface area contributed by atoms with Crippen LogP contribution in [0.4, 0.5) is 5.95 Å². The number of aromatic nitrogens is 2. The molecule has 1 fully saturated rings. The van der Waals surface area contributed by atoms with Crippen LogP contribution in [0.15, 0.2) is 22.6 Å². The highest BCUT2D eigenvalue weighted by Gasteiger charge is 2.29. The van der Waals surface area contributed by atoms with E-state index in [2.05, 4.69) is 42.0 Å². The van der Waals surface area contributed by atoms with Crippen LogP contribution < -0.4 is 16.0 Å². The van der Waals surface area contributed by atoms with Gasteiger partial charge in [-0.2, -0.15) is 5.26 Å². The molecule has 0 saturated carbocycles. The van der Waals surface area contributed by atoms with E-state index in [1.165, 1.54) is 10.4 Å². The van der Waals surface area contributed by atoms with E-state index in [-0.39, 0.29) is 17.5 Å². The fourth-order valence-corrected chi connectivity index (χ4v) is 5.66. The summed E-state index contributed by atoms with van der Waals surface area (Å²) >= 11 is 1.70. The Morgan fingerprint density at radius 3 is 3.10 bits per heavy atom. The highest BCUT2D eigenvalue weighted by molar-refractivity contribution is 7.10. The van der Waals surface area contributed by atoms with Gasteiger partial charge < -0.3 is 16.0 Å². The van der Waals surface area contributed by atoms with Gasteiger partial charge in [0.1, 0.15) is 17.6 Å². The van der Waals surface area contributed by atoms with Crippen LogP contribution >= 0.6 is 11.3 Å². The van der Waals surface area contributed by atoms with Crippen molar-refractivity contribution in [1.82, 2.24) is 15.3 Å². The molecule has 2 atom stereocenters. The number of aryl methyl sites for hydroxylation is 1. The van der Waals surface area contributed by atoms with Crippen LogP contribution in [0.1, 0.15) is 67.6 Å². The third kappa shape index (κ3) is 4.73. The number of aliphatic imine (C=N–C) groups is 1. The van der Waals surface area contributed by atoms with Gasteiger partial charge in [-0.1, -0.05) is 0 Å². The molecule has 0 aromatic carbocycles. The number of anilines is 1. The smallest absolute Gasteiger partial charge is 0.226 e. The van der Waals surface area contributed by atoms with Crippen molar-refractivity contribution in [3.05, 3.63) is 39.3 Å². The normalized spacial score (nSPS) is 22.3. The molecule has 2 aromatic rings. The SMILES string of the molecule is CC(N=C(N)c1ccnc(N2CCNC(C)(C)CC2)n1)C1CCCc2scc(C#N)c21. The first-order valence-electron chi connectivity index (χ1n) is 11.0. The summed E-state index contributed by atoms with van der Waals surface area (Å²) < 4.78 is 0. The average molecular weight is 438 g/mol. The molecule has 2 aromatic heterocycles. The summed E-state index contributed by atoms with van der Waals surface area (Å²) in [6.45, 7) is 9.20. The topological polar surface area (TPSA) is 103 Å². The Morgan fingerprint density at radius 1 is 1.45 bits per heavy atom. The van der Waals surface area contributed by atoms with Gasteiger partial charge in [0.25, 0.3) is 0 Å². The second-order valence-corrected chi connectivity index (χ2v) is 10.1. The highest BCUT2D eigenvalue weighted by atomic mass is 32.1. The molecule has 3 N–H and O–H groups in total. The van der Waals surface area contributed by atoms with Gasteiger partial charge in [-0.3, -0.25) is 4.99 Å². The zero-order valence-electron chi connectivity index (χ0n) is 18.6. The first-order valence-corrected chi connectivity index (χ1v) is 11.9. The molecule has 1 saturated heterocycles. The number of nitrogens with one attached hydrogen (secondary N) is 1. The number of nitrogens with two attached hydrogens (primary N) is 1. The minimum Gasteiger partial charge on any atom is -0.382 e.